The maximum atomic E-state index is 5.95. The van der Waals surface area contributed by atoms with Gasteiger partial charge in [0.15, 0.2) is 0 Å². The van der Waals surface area contributed by atoms with Crippen molar-refractivity contribution in [3.05, 3.63) is 11.9 Å². The number of anilines is 2. The maximum absolute atomic E-state index is 5.95. The Morgan fingerprint density at radius 2 is 2.00 bits per heavy atom. The monoisotopic (exact) mass is 289 g/mol. The summed E-state index contributed by atoms with van der Waals surface area (Å²) in [6.07, 6.45) is 7.32. The van der Waals surface area contributed by atoms with E-state index >= 15 is 0 Å². The fourth-order valence-corrected chi connectivity index (χ4v) is 3.53. The van der Waals surface area contributed by atoms with E-state index in [1.54, 1.807) is 0 Å². The van der Waals surface area contributed by atoms with Crippen LogP contribution in [-0.4, -0.2) is 47.1 Å². The van der Waals surface area contributed by atoms with Crippen LogP contribution in [0.3, 0.4) is 0 Å². The molecule has 5 nitrogen and oxygen atoms in total. The summed E-state index contributed by atoms with van der Waals surface area (Å²) in [6, 6.07) is 2.62. The molecule has 2 fully saturated rings. The third-order valence-electron chi connectivity index (χ3n) is 4.65. The Kier molecular flexibility index (Phi) is 4.58. The Hall–Kier alpha value is -1.36. The smallest absolute Gasteiger partial charge is 0.134 e. The largest absolute Gasteiger partial charge is 0.384 e. The van der Waals surface area contributed by atoms with Crippen molar-refractivity contribution in [2.45, 2.75) is 51.5 Å². The van der Waals surface area contributed by atoms with Gasteiger partial charge in [-0.25, -0.2) is 9.97 Å². The van der Waals surface area contributed by atoms with Gasteiger partial charge in [-0.05, 0) is 38.8 Å². The van der Waals surface area contributed by atoms with Crippen LogP contribution in [0.5, 0.6) is 0 Å². The van der Waals surface area contributed by atoms with E-state index in [2.05, 4.69) is 21.7 Å². The van der Waals surface area contributed by atoms with Crippen LogP contribution in [0.1, 0.15) is 44.9 Å². The van der Waals surface area contributed by atoms with E-state index in [9.17, 15) is 0 Å². The minimum absolute atomic E-state index is 0.602. The van der Waals surface area contributed by atoms with E-state index in [-0.39, 0.29) is 0 Å². The SMILES string of the molecule is CCCc1nc(N)cc(N2CCC(N3CCCCC3)C2)n1. The van der Waals surface area contributed by atoms with Crippen molar-refractivity contribution in [3.63, 3.8) is 0 Å². The third-order valence-corrected chi connectivity index (χ3v) is 4.65. The zero-order valence-electron chi connectivity index (χ0n) is 13.1. The molecule has 0 saturated carbocycles. The molecule has 0 aromatic carbocycles. The van der Waals surface area contributed by atoms with E-state index in [0.29, 0.717) is 11.9 Å². The van der Waals surface area contributed by atoms with Gasteiger partial charge in [-0.2, -0.15) is 0 Å². The van der Waals surface area contributed by atoms with E-state index in [1.165, 1.54) is 38.8 Å². The molecule has 2 N–H and O–H groups in total. The molecule has 1 atom stereocenters. The lowest BCUT2D eigenvalue weighted by molar-refractivity contribution is 0.175. The van der Waals surface area contributed by atoms with Gasteiger partial charge in [0.25, 0.3) is 0 Å². The highest BCUT2D eigenvalue weighted by molar-refractivity contribution is 5.48. The number of hydrogen-bond acceptors (Lipinski definition) is 5. The fraction of sp³-hybridized carbons (Fsp3) is 0.750. The van der Waals surface area contributed by atoms with E-state index < -0.39 is 0 Å². The first-order chi connectivity index (χ1) is 10.3. The van der Waals surface area contributed by atoms with Gasteiger partial charge in [-0.15, -0.1) is 0 Å². The molecular formula is C16H27N5. The van der Waals surface area contributed by atoms with Gasteiger partial charge in [0, 0.05) is 31.6 Å². The number of piperidine rings is 1. The summed E-state index contributed by atoms with van der Waals surface area (Å²) in [7, 11) is 0. The number of nitrogens with two attached hydrogens (primary N) is 1. The number of aryl methyl sites for hydroxylation is 1. The molecule has 0 spiro atoms. The summed E-state index contributed by atoms with van der Waals surface area (Å²) < 4.78 is 0. The maximum Gasteiger partial charge on any atom is 0.134 e. The van der Waals surface area contributed by atoms with E-state index in [4.69, 9.17) is 10.7 Å². The van der Waals surface area contributed by atoms with Gasteiger partial charge in [0.1, 0.15) is 17.5 Å². The highest BCUT2D eigenvalue weighted by Crippen LogP contribution is 2.24. The van der Waals surface area contributed by atoms with Crippen LogP contribution in [0.25, 0.3) is 0 Å². The Morgan fingerprint density at radius 3 is 2.76 bits per heavy atom. The number of nitrogen functional groups attached to an aromatic ring is 1. The predicted octanol–water partition coefficient (Wildman–Crippen LogP) is 2.08. The van der Waals surface area contributed by atoms with Crippen molar-refractivity contribution < 1.29 is 0 Å². The Balaban J connectivity index is 1.67. The van der Waals surface area contributed by atoms with Crippen molar-refractivity contribution in [2.24, 2.45) is 0 Å². The molecule has 21 heavy (non-hydrogen) atoms. The first-order valence-corrected chi connectivity index (χ1v) is 8.38. The fourth-order valence-electron chi connectivity index (χ4n) is 3.53. The van der Waals surface area contributed by atoms with Gasteiger partial charge in [0.05, 0.1) is 0 Å². The van der Waals surface area contributed by atoms with Crippen molar-refractivity contribution in [3.8, 4) is 0 Å². The zero-order chi connectivity index (χ0) is 14.7. The molecule has 116 valence electrons. The van der Waals surface area contributed by atoms with Crippen LogP contribution in [0.2, 0.25) is 0 Å². The Bertz CT molecular complexity index is 470. The normalized spacial score (nSPS) is 23.7. The predicted molar refractivity (Wildman–Crippen MR) is 86.5 cm³/mol. The first kappa shape index (κ1) is 14.6. The summed E-state index contributed by atoms with van der Waals surface area (Å²) in [5.41, 5.74) is 5.95. The van der Waals surface area contributed by atoms with Crippen molar-refractivity contribution >= 4 is 11.6 Å². The molecule has 0 amide bonds. The molecule has 1 aromatic rings. The molecule has 1 unspecified atom stereocenters. The standard InChI is InChI=1S/C16H27N5/c1-2-6-15-18-14(17)11-16(19-15)21-10-7-13(12-21)20-8-4-3-5-9-20/h11,13H,2-10,12H2,1H3,(H2,17,18,19). The molecule has 2 aliphatic rings. The summed E-state index contributed by atoms with van der Waals surface area (Å²) in [4.78, 5) is 14.1. The van der Waals surface area contributed by atoms with Crippen molar-refractivity contribution in [2.75, 3.05) is 36.8 Å². The van der Waals surface area contributed by atoms with Crippen LogP contribution < -0.4 is 10.6 Å². The average molecular weight is 289 g/mol. The summed E-state index contributed by atoms with van der Waals surface area (Å²) in [5.74, 6) is 2.50. The van der Waals surface area contributed by atoms with Crippen LogP contribution in [-0.2, 0) is 6.42 Å². The average Bonchev–Trinajstić information content (AvgIpc) is 2.98. The summed E-state index contributed by atoms with van der Waals surface area (Å²) >= 11 is 0. The first-order valence-electron chi connectivity index (χ1n) is 8.38. The third kappa shape index (κ3) is 3.46. The molecule has 3 heterocycles. The second-order valence-corrected chi connectivity index (χ2v) is 6.30. The van der Waals surface area contributed by atoms with Gasteiger partial charge in [-0.3, -0.25) is 4.90 Å². The van der Waals surface area contributed by atoms with Gasteiger partial charge < -0.3 is 10.6 Å². The minimum Gasteiger partial charge on any atom is -0.384 e. The molecule has 5 heteroatoms. The molecule has 0 radical (unpaired) electrons. The molecule has 2 aliphatic heterocycles. The lowest BCUT2D eigenvalue weighted by Gasteiger charge is -2.32. The topological polar surface area (TPSA) is 58.3 Å². The van der Waals surface area contributed by atoms with Crippen LogP contribution >= 0.6 is 0 Å². The molecule has 2 saturated heterocycles. The molecular weight excluding hydrogens is 262 g/mol. The van der Waals surface area contributed by atoms with Crippen LogP contribution in [0, 0.1) is 0 Å². The number of aromatic nitrogens is 2. The zero-order valence-corrected chi connectivity index (χ0v) is 13.1. The Morgan fingerprint density at radius 1 is 1.19 bits per heavy atom. The molecule has 1 aromatic heterocycles. The number of nitrogens with zero attached hydrogens (tertiary/aromatic N) is 4. The highest BCUT2D eigenvalue weighted by atomic mass is 15.3. The lowest BCUT2D eigenvalue weighted by atomic mass is 10.1. The van der Waals surface area contributed by atoms with E-state index in [1.807, 2.05) is 6.07 Å². The second kappa shape index (κ2) is 6.60. The number of hydrogen-bond donors (Lipinski definition) is 1. The molecule has 0 bridgehead atoms. The highest BCUT2D eigenvalue weighted by Gasteiger charge is 2.29. The van der Waals surface area contributed by atoms with Crippen molar-refractivity contribution in [1.29, 1.82) is 0 Å². The lowest BCUT2D eigenvalue weighted by Crippen LogP contribution is -2.41. The second-order valence-electron chi connectivity index (χ2n) is 6.30. The molecule has 0 aliphatic carbocycles. The summed E-state index contributed by atoms with van der Waals surface area (Å²) in [5, 5.41) is 0. The Labute approximate surface area is 127 Å². The molecule has 3 rings (SSSR count). The summed E-state index contributed by atoms with van der Waals surface area (Å²) in [6.45, 7) is 6.86. The van der Waals surface area contributed by atoms with Crippen molar-refractivity contribution in [1.82, 2.24) is 14.9 Å². The van der Waals surface area contributed by atoms with E-state index in [0.717, 1.165) is 37.6 Å². The minimum atomic E-state index is 0.602. The van der Waals surface area contributed by atoms with Crippen LogP contribution in [0.15, 0.2) is 6.07 Å². The van der Waals surface area contributed by atoms with Gasteiger partial charge in [-0.1, -0.05) is 13.3 Å². The number of rotatable bonds is 4. The van der Waals surface area contributed by atoms with Gasteiger partial charge >= 0.3 is 0 Å². The quantitative estimate of drug-likeness (QED) is 0.919. The van der Waals surface area contributed by atoms with Crippen LogP contribution in [0.4, 0.5) is 11.6 Å². The van der Waals surface area contributed by atoms with Gasteiger partial charge in [0.2, 0.25) is 0 Å². The number of likely N-dealkylation sites (tertiary alicyclic amines) is 1.